The summed E-state index contributed by atoms with van der Waals surface area (Å²) in [5.74, 6) is 1.11. The molecule has 1 N–H and O–H groups in total. The van der Waals surface area contributed by atoms with Crippen LogP contribution in [0.25, 0.3) is 0 Å². The minimum atomic E-state index is 0.296. The van der Waals surface area contributed by atoms with Crippen molar-refractivity contribution in [1.29, 1.82) is 0 Å². The minimum Gasteiger partial charge on any atom is -0.314 e. The van der Waals surface area contributed by atoms with Gasteiger partial charge in [0, 0.05) is 50.4 Å². The molecule has 2 unspecified atom stereocenters. The standard InChI is InChI=1S/C25H39N3O/c1-19(27-14-12-26-13-15-27)16-22-8-10-24-23(18-22)17-20(2)28(24)25(29)11-9-21-6-4-3-5-7-21/h8,10,18-21,26H,3-7,9,11-17H2,1-2H3. The largest absolute Gasteiger partial charge is 0.314 e. The number of piperazine rings is 1. The molecule has 0 aromatic heterocycles. The van der Waals surface area contributed by atoms with Crippen LogP contribution in [0.5, 0.6) is 0 Å². The number of rotatable bonds is 6. The third-order valence-electron chi connectivity index (χ3n) is 7.43. The molecular weight excluding hydrogens is 358 g/mol. The lowest BCUT2D eigenvalue weighted by molar-refractivity contribution is -0.119. The van der Waals surface area contributed by atoms with Gasteiger partial charge in [0.2, 0.25) is 5.91 Å². The van der Waals surface area contributed by atoms with Crippen LogP contribution < -0.4 is 10.2 Å². The van der Waals surface area contributed by atoms with Crippen molar-refractivity contribution < 1.29 is 4.79 Å². The van der Waals surface area contributed by atoms with E-state index < -0.39 is 0 Å². The Hall–Kier alpha value is -1.39. The van der Waals surface area contributed by atoms with Gasteiger partial charge in [0.05, 0.1) is 0 Å². The average Bonchev–Trinajstić information content (AvgIpc) is 3.08. The fourth-order valence-electron chi connectivity index (χ4n) is 5.71. The second-order valence-corrected chi connectivity index (χ2v) is 9.66. The fraction of sp³-hybridized carbons (Fsp3) is 0.720. The maximum Gasteiger partial charge on any atom is 0.227 e. The summed E-state index contributed by atoms with van der Waals surface area (Å²) in [5.41, 5.74) is 3.96. The molecule has 3 aliphatic rings. The van der Waals surface area contributed by atoms with E-state index in [-0.39, 0.29) is 0 Å². The van der Waals surface area contributed by atoms with Crippen molar-refractivity contribution in [2.24, 2.45) is 5.92 Å². The first kappa shape index (κ1) is 20.9. The lowest BCUT2D eigenvalue weighted by Gasteiger charge is -2.33. The lowest BCUT2D eigenvalue weighted by atomic mass is 9.86. The normalized spacial score (nSPS) is 24.5. The summed E-state index contributed by atoms with van der Waals surface area (Å²) in [6.07, 6.45) is 10.7. The van der Waals surface area contributed by atoms with Crippen LogP contribution in [0.1, 0.15) is 69.9 Å². The van der Waals surface area contributed by atoms with E-state index >= 15 is 0 Å². The number of amides is 1. The van der Waals surface area contributed by atoms with Gasteiger partial charge in [-0.2, -0.15) is 0 Å². The predicted octanol–water partition coefficient (Wildman–Crippen LogP) is 4.16. The van der Waals surface area contributed by atoms with Crippen LogP contribution in [0.4, 0.5) is 5.69 Å². The highest BCUT2D eigenvalue weighted by Gasteiger charge is 2.31. The summed E-state index contributed by atoms with van der Waals surface area (Å²) >= 11 is 0. The van der Waals surface area contributed by atoms with E-state index in [4.69, 9.17) is 0 Å². The maximum absolute atomic E-state index is 13.0. The molecule has 4 heteroatoms. The Bertz CT molecular complexity index is 691. The van der Waals surface area contributed by atoms with Gasteiger partial charge in [-0.15, -0.1) is 0 Å². The Labute approximate surface area is 177 Å². The third-order valence-corrected chi connectivity index (χ3v) is 7.43. The van der Waals surface area contributed by atoms with E-state index in [1.54, 1.807) is 0 Å². The summed E-state index contributed by atoms with van der Waals surface area (Å²) in [6, 6.07) is 7.72. The van der Waals surface area contributed by atoms with Crippen molar-refractivity contribution in [3.05, 3.63) is 29.3 Å². The van der Waals surface area contributed by atoms with Gasteiger partial charge in [0.25, 0.3) is 0 Å². The molecule has 29 heavy (non-hydrogen) atoms. The number of nitrogens with one attached hydrogen (secondary N) is 1. The van der Waals surface area contributed by atoms with Crippen molar-refractivity contribution in [3.8, 4) is 0 Å². The zero-order valence-corrected chi connectivity index (χ0v) is 18.5. The van der Waals surface area contributed by atoms with E-state index in [1.165, 1.54) is 48.9 Å². The minimum absolute atomic E-state index is 0.296. The molecule has 0 spiro atoms. The van der Waals surface area contributed by atoms with Gasteiger partial charge < -0.3 is 10.2 Å². The van der Waals surface area contributed by atoms with Crippen LogP contribution >= 0.6 is 0 Å². The highest BCUT2D eigenvalue weighted by Crippen LogP contribution is 2.35. The molecule has 0 bridgehead atoms. The number of hydrogen-bond acceptors (Lipinski definition) is 3. The number of carbonyl (C=O) groups excluding carboxylic acids is 1. The number of benzene rings is 1. The second-order valence-electron chi connectivity index (χ2n) is 9.66. The first-order chi connectivity index (χ1) is 14.1. The Morgan fingerprint density at radius 3 is 2.69 bits per heavy atom. The highest BCUT2D eigenvalue weighted by atomic mass is 16.2. The Morgan fingerprint density at radius 1 is 1.17 bits per heavy atom. The molecule has 2 fully saturated rings. The van der Waals surface area contributed by atoms with E-state index in [9.17, 15) is 4.79 Å². The fourth-order valence-corrected chi connectivity index (χ4v) is 5.71. The number of fused-ring (bicyclic) bond motifs is 1. The second kappa shape index (κ2) is 9.61. The number of anilines is 1. The summed E-state index contributed by atoms with van der Waals surface area (Å²) in [5, 5.41) is 3.44. The van der Waals surface area contributed by atoms with E-state index in [0.717, 1.165) is 57.8 Å². The Kier molecular flexibility index (Phi) is 6.92. The van der Waals surface area contributed by atoms with E-state index in [2.05, 4.69) is 47.2 Å². The van der Waals surface area contributed by atoms with Crippen molar-refractivity contribution in [2.75, 3.05) is 31.1 Å². The van der Waals surface area contributed by atoms with Crippen molar-refractivity contribution in [3.63, 3.8) is 0 Å². The molecule has 1 saturated carbocycles. The Balaban J connectivity index is 1.37. The molecule has 2 heterocycles. The van der Waals surface area contributed by atoms with Gasteiger partial charge >= 0.3 is 0 Å². The number of nitrogens with zero attached hydrogens (tertiary/aromatic N) is 2. The van der Waals surface area contributed by atoms with Crippen LogP contribution in [-0.4, -0.2) is 49.1 Å². The van der Waals surface area contributed by atoms with Crippen molar-refractivity contribution in [1.82, 2.24) is 10.2 Å². The zero-order chi connectivity index (χ0) is 20.2. The third kappa shape index (κ3) is 5.03. The average molecular weight is 398 g/mol. The lowest BCUT2D eigenvalue weighted by Crippen LogP contribution is -2.48. The van der Waals surface area contributed by atoms with Gasteiger partial charge in [-0.05, 0) is 56.2 Å². The van der Waals surface area contributed by atoms with Gasteiger partial charge in [-0.25, -0.2) is 0 Å². The molecule has 2 aliphatic heterocycles. The summed E-state index contributed by atoms with van der Waals surface area (Å²) in [4.78, 5) is 17.7. The number of hydrogen-bond donors (Lipinski definition) is 1. The molecule has 4 nitrogen and oxygen atoms in total. The SMILES string of the molecule is CC(Cc1ccc2c(c1)CC(C)N2C(=O)CCC1CCCCC1)N1CCNCC1. The quantitative estimate of drug-likeness (QED) is 0.783. The monoisotopic (exact) mass is 397 g/mol. The van der Waals surface area contributed by atoms with Crippen molar-refractivity contribution >= 4 is 11.6 Å². The highest BCUT2D eigenvalue weighted by molar-refractivity contribution is 5.96. The molecule has 1 aromatic carbocycles. The molecule has 0 radical (unpaired) electrons. The van der Waals surface area contributed by atoms with Crippen LogP contribution in [0.15, 0.2) is 18.2 Å². The van der Waals surface area contributed by atoms with Crippen LogP contribution in [0.3, 0.4) is 0 Å². The van der Waals surface area contributed by atoms with Gasteiger partial charge in [0.15, 0.2) is 0 Å². The molecule has 1 aliphatic carbocycles. The molecular formula is C25H39N3O. The molecule has 2 atom stereocenters. The first-order valence-electron chi connectivity index (χ1n) is 12.0. The first-order valence-corrected chi connectivity index (χ1v) is 12.0. The summed E-state index contributed by atoms with van der Waals surface area (Å²) < 4.78 is 0. The van der Waals surface area contributed by atoms with Gasteiger partial charge in [-0.1, -0.05) is 44.2 Å². The van der Waals surface area contributed by atoms with Gasteiger partial charge in [-0.3, -0.25) is 9.69 Å². The molecule has 160 valence electrons. The van der Waals surface area contributed by atoms with E-state index in [1.807, 2.05) is 0 Å². The summed E-state index contributed by atoms with van der Waals surface area (Å²) in [7, 11) is 0. The zero-order valence-electron chi connectivity index (χ0n) is 18.5. The van der Waals surface area contributed by atoms with Crippen LogP contribution in [0.2, 0.25) is 0 Å². The predicted molar refractivity (Wildman–Crippen MR) is 121 cm³/mol. The van der Waals surface area contributed by atoms with Crippen LogP contribution in [-0.2, 0) is 17.6 Å². The number of carbonyl (C=O) groups is 1. The Morgan fingerprint density at radius 2 is 1.93 bits per heavy atom. The smallest absolute Gasteiger partial charge is 0.227 e. The molecule has 1 amide bonds. The maximum atomic E-state index is 13.0. The van der Waals surface area contributed by atoms with E-state index in [0.29, 0.717) is 18.0 Å². The summed E-state index contributed by atoms with van der Waals surface area (Å²) in [6.45, 7) is 9.05. The van der Waals surface area contributed by atoms with Crippen molar-refractivity contribution in [2.45, 2.75) is 83.7 Å². The van der Waals surface area contributed by atoms with Crippen LogP contribution in [0, 0.1) is 5.92 Å². The molecule has 4 rings (SSSR count). The topological polar surface area (TPSA) is 35.6 Å². The van der Waals surface area contributed by atoms with Gasteiger partial charge in [0.1, 0.15) is 0 Å². The molecule has 1 aromatic rings. The molecule has 1 saturated heterocycles.